The van der Waals surface area contributed by atoms with Crippen LogP contribution < -0.4 is 5.48 Å². The highest BCUT2D eigenvalue weighted by Gasteiger charge is 2.46. The van der Waals surface area contributed by atoms with E-state index in [4.69, 9.17) is 4.84 Å². The molecule has 0 saturated heterocycles. The van der Waals surface area contributed by atoms with Gasteiger partial charge in [0, 0.05) is 6.20 Å². The zero-order valence-electron chi connectivity index (χ0n) is 10.4. The van der Waals surface area contributed by atoms with E-state index in [-0.39, 0.29) is 11.5 Å². The molecular formula is C12H17N3O2. The van der Waals surface area contributed by atoms with Gasteiger partial charge in [-0.05, 0) is 45.2 Å². The summed E-state index contributed by atoms with van der Waals surface area (Å²) in [5.41, 5.74) is 3.13. The normalized spacial score (nSPS) is 17.6. The van der Waals surface area contributed by atoms with Crippen LogP contribution in [0.15, 0.2) is 18.5 Å². The van der Waals surface area contributed by atoms with Crippen LogP contribution in [0.1, 0.15) is 39.2 Å². The van der Waals surface area contributed by atoms with Crippen LogP contribution in [0.5, 0.6) is 0 Å². The molecule has 0 bridgehead atoms. The van der Waals surface area contributed by atoms with Crippen LogP contribution in [-0.2, 0) is 15.2 Å². The van der Waals surface area contributed by atoms with Gasteiger partial charge in [-0.15, -0.1) is 5.48 Å². The van der Waals surface area contributed by atoms with Crippen molar-refractivity contribution in [3.8, 4) is 0 Å². The van der Waals surface area contributed by atoms with Gasteiger partial charge in [0.2, 0.25) is 0 Å². The van der Waals surface area contributed by atoms with E-state index in [0.29, 0.717) is 0 Å². The summed E-state index contributed by atoms with van der Waals surface area (Å²) in [6.07, 6.45) is 5.22. The van der Waals surface area contributed by atoms with E-state index in [1.54, 1.807) is 12.4 Å². The Morgan fingerprint density at radius 3 is 2.59 bits per heavy atom. The number of nitrogens with one attached hydrogen (secondary N) is 1. The smallest absolute Gasteiger partial charge is 0.330 e. The number of carbonyl (C=O) groups is 1. The highest BCUT2D eigenvalue weighted by Crippen LogP contribution is 2.45. The molecule has 1 aromatic rings. The molecule has 0 atom stereocenters. The predicted octanol–water partition coefficient (Wildman–Crippen LogP) is 1.56. The fourth-order valence-electron chi connectivity index (χ4n) is 1.45. The van der Waals surface area contributed by atoms with E-state index >= 15 is 0 Å². The van der Waals surface area contributed by atoms with Crippen molar-refractivity contribution < 1.29 is 9.63 Å². The molecule has 0 spiro atoms. The fourth-order valence-corrected chi connectivity index (χ4v) is 1.45. The molecule has 0 aliphatic heterocycles. The number of hydrogen-bond acceptors (Lipinski definition) is 5. The van der Waals surface area contributed by atoms with Gasteiger partial charge in [0.1, 0.15) is 0 Å². The molecule has 1 aromatic heterocycles. The first kappa shape index (κ1) is 12.0. The first-order chi connectivity index (χ1) is 7.94. The van der Waals surface area contributed by atoms with Crippen LogP contribution in [0.2, 0.25) is 0 Å². The Balaban J connectivity index is 1.99. The summed E-state index contributed by atoms with van der Waals surface area (Å²) in [6.45, 7) is 5.47. The van der Waals surface area contributed by atoms with E-state index in [1.165, 1.54) is 0 Å². The highest BCUT2D eigenvalue weighted by atomic mass is 16.7. The van der Waals surface area contributed by atoms with Crippen molar-refractivity contribution in [2.24, 2.45) is 5.41 Å². The Kier molecular flexibility index (Phi) is 2.87. The second kappa shape index (κ2) is 4.07. The molecule has 0 amide bonds. The van der Waals surface area contributed by atoms with Gasteiger partial charge in [0.15, 0.2) is 0 Å². The van der Waals surface area contributed by atoms with Crippen molar-refractivity contribution in [2.75, 3.05) is 0 Å². The van der Waals surface area contributed by atoms with E-state index < -0.39 is 5.41 Å². The maximum absolute atomic E-state index is 11.7. The molecule has 5 nitrogen and oxygen atoms in total. The number of aromatic nitrogens is 2. The minimum atomic E-state index is -0.500. The van der Waals surface area contributed by atoms with Gasteiger partial charge < -0.3 is 4.84 Å². The maximum Gasteiger partial charge on any atom is 0.330 e. The Morgan fingerprint density at radius 1 is 1.41 bits per heavy atom. The molecule has 1 saturated carbocycles. The molecule has 5 heteroatoms. The summed E-state index contributed by atoms with van der Waals surface area (Å²) in [6, 6.07) is 1.89. The fraction of sp³-hybridized carbons (Fsp3) is 0.583. The van der Waals surface area contributed by atoms with Crippen molar-refractivity contribution in [3.63, 3.8) is 0 Å². The molecule has 1 heterocycles. The molecule has 17 heavy (non-hydrogen) atoms. The lowest BCUT2D eigenvalue weighted by molar-refractivity contribution is -0.163. The van der Waals surface area contributed by atoms with E-state index in [2.05, 4.69) is 15.7 Å². The second-order valence-corrected chi connectivity index (χ2v) is 5.45. The molecule has 0 unspecified atom stereocenters. The van der Waals surface area contributed by atoms with Crippen LogP contribution in [0, 0.1) is 5.41 Å². The SMILES string of the molecule is CC(C)(C)C(=O)ONC1(c2ccnnc2)CC1. The summed E-state index contributed by atoms with van der Waals surface area (Å²) in [7, 11) is 0. The van der Waals surface area contributed by atoms with Crippen molar-refractivity contribution in [1.82, 2.24) is 15.7 Å². The molecule has 1 aliphatic rings. The quantitative estimate of drug-likeness (QED) is 0.805. The molecule has 1 aliphatic carbocycles. The highest BCUT2D eigenvalue weighted by molar-refractivity contribution is 5.75. The molecule has 1 fully saturated rings. The number of hydrogen-bond donors (Lipinski definition) is 1. The van der Waals surface area contributed by atoms with Gasteiger partial charge in [-0.2, -0.15) is 10.2 Å². The monoisotopic (exact) mass is 235 g/mol. The van der Waals surface area contributed by atoms with Gasteiger partial charge in [-0.1, -0.05) is 0 Å². The van der Waals surface area contributed by atoms with E-state index in [1.807, 2.05) is 26.8 Å². The van der Waals surface area contributed by atoms with Gasteiger partial charge in [0.25, 0.3) is 0 Å². The van der Waals surface area contributed by atoms with Crippen LogP contribution in [0.25, 0.3) is 0 Å². The standard InChI is InChI=1S/C12H17N3O2/c1-11(2,3)10(16)17-15-12(5-6-12)9-4-7-13-14-8-9/h4,7-8,15H,5-6H2,1-3H3. The van der Waals surface area contributed by atoms with Gasteiger partial charge in [0.05, 0.1) is 17.2 Å². The molecule has 92 valence electrons. The second-order valence-electron chi connectivity index (χ2n) is 5.45. The average Bonchev–Trinajstić information content (AvgIpc) is 3.07. The van der Waals surface area contributed by atoms with Crippen LogP contribution in [-0.4, -0.2) is 16.2 Å². The zero-order chi connectivity index (χ0) is 12.5. The Labute approximate surface area is 101 Å². The molecule has 0 radical (unpaired) electrons. The topological polar surface area (TPSA) is 64.1 Å². The lowest BCUT2D eigenvalue weighted by atomic mass is 9.98. The first-order valence-electron chi connectivity index (χ1n) is 5.70. The Hall–Kier alpha value is -1.49. The first-order valence-corrected chi connectivity index (χ1v) is 5.70. The van der Waals surface area contributed by atoms with Crippen molar-refractivity contribution in [2.45, 2.75) is 39.2 Å². The van der Waals surface area contributed by atoms with Crippen LogP contribution in [0.4, 0.5) is 0 Å². The molecule has 1 N–H and O–H groups in total. The summed E-state index contributed by atoms with van der Waals surface area (Å²) in [5.74, 6) is -0.259. The number of hydroxylamine groups is 1. The number of nitrogens with zero attached hydrogens (tertiary/aromatic N) is 2. The lowest BCUT2D eigenvalue weighted by Gasteiger charge is -2.21. The minimum Gasteiger partial charge on any atom is -0.369 e. The molecule has 0 aromatic carbocycles. The van der Waals surface area contributed by atoms with Crippen molar-refractivity contribution in [3.05, 3.63) is 24.0 Å². The summed E-state index contributed by atoms with van der Waals surface area (Å²) in [4.78, 5) is 16.8. The number of carbonyl (C=O) groups excluding carboxylic acids is 1. The van der Waals surface area contributed by atoms with Gasteiger partial charge >= 0.3 is 5.97 Å². The molecule has 2 rings (SSSR count). The van der Waals surface area contributed by atoms with Crippen molar-refractivity contribution >= 4 is 5.97 Å². The van der Waals surface area contributed by atoms with Crippen LogP contribution in [0.3, 0.4) is 0 Å². The van der Waals surface area contributed by atoms with E-state index in [9.17, 15) is 4.79 Å². The third-order valence-electron chi connectivity index (χ3n) is 2.84. The number of rotatable bonds is 3. The zero-order valence-corrected chi connectivity index (χ0v) is 10.4. The average molecular weight is 235 g/mol. The Bertz CT molecular complexity index is 408. The summed E-state index contributed by atoms with van der Waals surface area (Å²) < 4.78 is 0. The largest absolute Gasteiger partial charge is 0.369 e. The predicted molar refractivity (Wildman–Crippen MR) is 61.6 cm³/mol. The Morgan fingerprint density at radius 2 is 2.12 bits per heavy atom. The maximum atomic E-state index is 11.7. The molecular weight excluding hydrogens is 218 g/mol. The third-order valence-corrected chi connectivity index (χ3v) is 2.84. The van der Waals surface area contributed by atoms with Crippen molar-refractivity contribution in [1.29, 1.82) is 0 Å². The lowest BCUT2D eigenvalue weighted by Crippen LogP contribution is -2.36. The summed E-state index contributed by atoms with van der Waals surface area (Å²) in [5, 5.41) is 7.57. The van der Waals surface area contributed by atoms with E-state index in [0.717, 1.165) is 18.4 Å². The third kappa shape index (κ3) is 2.61. The minimum absolute atomic E-state index is 0.253. The van der Waals surface area contributed by atoms with Crippen LogP contribution >= 0.6 is 0 Å². The van der Waals surface area contributed by atoms with Gasteiger partial charge in [-0.25, -0.2) is 4.79 Å². The van der Waals surface area contributed by atoms with Gasteiger partial charge in [-0.3, -0.25) is 0 Å². The summed E-state index contributed by atoms with van der Waals surface area (Å²) >= 11 is 0.